The third-order valence-corrected chi connectivity index (χ3v) is 11.5. The number of para-hydroxylation sites is 2. The molecule has 10 aromatic rings. The Hall–Kier alpha value is -7.36. The van der Waals surface area contributed by atoms with Crippen LogP contribution in [0.2, 0.25) is 0 Å². The lowest BCUT2D eigenvalue weighted by Gasteiger charge is -2.34. The van der Waals surface area contributed by atoms with Crippen molar-refractivity contribution in [3.63, 3.8) is 0 Å². The first-order chi connectivity index (χ1) is 27.8. The molecule has 0 radical (unpaired) electrons. The van der Waals surface area contributed by atoms with Gasteiger partial charge in [-0.3, -0.25) is 0 Å². The number of nitrogens with zero attached hydrogens (tertiary/aromatic N) is 3. The third-order valence-electron chi connectivity index (χ3n) is 11.5. The van der Waals surface area contributed by atoms with E-state index >= 15 is 0 Å². The maximum Gasteiger partial charge on any atom is 0.160 e. The van der Waals surface area contributed by atoms with Crippen LogP contribution in [-0.4, -0.2) is 14.5 Å². The molecule has 11 rings (SSSR count). The second-order valence-corrected chi connectivity index (χ2v) is 14.5. The summed E-state index contributed by atoms with van der Waals surface area (Å²) in [7, 11) is 0. The van der Waals surface area contributed by atoms with Gasteiger partial charge in [0.15, 0.2) is 5.82 Å². The largest absolute Gasteiger partial charge is 0.309 e. The van der Waals surface area contributed by atoms with Crippen LogP contribution < -0.4 is 0 Å². The lowest BCUT2D eigenvalue weighted by Crippen LogP contribution is -2.28. The number of fused-ring (bicyclic) bond motifs is 7. The minimum absolute atomic E-state index is 0.604. The molecular weight excluding hydrogens is 679 g/mol. The van der Waals surface area contributed by atoms with Gasteiger partial charge in [-0.15, -0.1) is 0 Å². The SMILES string of the molecule is c1ccc(-c2cc(-c3cc4c(c5c3c3ccccc3n5-c3ccccc3)-c3ccccc3C4(c3ccccc3)c3ccccc3)nc(-c3ccccc3)n2)cc1. The fourth-order valence-electron chi connectivity index (χ4n) is 9.18. The topological polar surface area (TPSA) is 30.7 Å². The van der Waals surface area contributed by atoms with Crippen molar-refractivity contribution in [3.8, 4) is 50.7 Å². The minimum Gasteiger partial charge on any atom is -0.309 e. The molecule has 0 aliphatic heterocycles. The van der Waals surface area contributed by atoms with Gasteiger partial charge in [-0.05, 0) is 58.1 Å². The second kappa shape index (κ2) is 12.9. The summed E-state index contributed by atoms with van der Waals surface area (Å²) in [5, 5.41) is 2.35. The maximum absolute atomic E-state index is 5.49. The molecule has 2 aromatic heterocycles. The Labute approximate surface area is 325 Å². The van der Waals surface area contributed by atoms with Crippen LogP contribution in [0.25, 0.3) is 72.5 Å². The summed E-state index contributed by atoms with van der Waals surface area (Å²) < 4.78 is 2.48. The molecule has 1 aliphatic rings. The fraction of sp³-hybridized carbons (Fsp3) is 0.0189. The maximum atomic E-state index is 5.49. The summed E-state index contributed by atoms with van der Waals surface area (Å²) in [5.41, 5.74) is 15.1. The summed E-state index contributed by atoms with van der Waals surface area (Å²) in [4.78, 5) is 10.7. The number of benzene rings is 8. The normalized spacial score (nSPS) is 12.8. The molecule has 56 heavy (non-hydrogen) atoms. The van der Waals surface area contributed by atoms with Crippen molar-refractivity contribution in [1.29, 1.82) is 0 Å². The van der Waals surface area contributed by atoms with E-state index in [1.807, 2.05) is 6.07 Å². The Morgan fingerprint density at radius 2 is 0.946 bits per heavy atom. The molecular formula is C53H35N3. The average Bonchev–Trinajstić information content (AvgIpc) is 3.79. The summed E-state index contributed by atoms with van der Waals surface area (Å²) in [6.45, 7) is 0. The molecule has 0 bridgehead atoms. The Morgan fingerprint density at radius 3 is 1.62 bits per heavy atom. The number of hydrogen-bond donors (Lipinski definition) is 0. The van der Waals surface area contributed by atoms with Crippen molar-refractivity contribution in [2.24, 2.45) is 0 Å². The minimum atomic E-state index is -0.604. The summed E-state index contributed by atoms with van der Waals surface area (Å²) >= 11 is 0. The number of rotatable bonds is 6. The van der Waals surface area contributed by atoms with Crippen LogP contribution in [0.5, 0.6) is 0 Å². The molecule has 0 fully saturated rings. The first kappa shape index (κ1) is 32.1. The van der Waals surface area contributed by atoms with E-state index in [0.29, 0.717) is 5.82 Å². The van der Waals surface area contributed by atoms with E-state index in [-0.39, 0.29) is 0 Å². The molecule has 0 N–H and O–H groups in total. The van der Waals surface area contributed by atoms with Gasteiger partial charge >= 0.3 is 0 Å². The molecule has 1 aliphatic carbocycles. The molecule has 0 amide bonds. The van der Waals surface area contributed by atoms with Crippen LogP contribution in [0.3, 0.4) is 0 Å². The van der Waals surface area contributed by atoms with Gasteiger partial charge < -0.3 is 4.57 Å². The summed E-state index contributed by atoms with van der Waals surface area (Å²) in [6, 6.07) is 76.2. The summed E-state index contributed by atoms with van der Waals surface area (Å²) in [5.74, 6) is 0.697. The van der Waals surface area contributed by atoms with Gasteiger partial charge in [-0.2, -0.15) is 0 Å². The summed E-state index contributed by atoms with van der Waals surface area (Å²) in [6.07, 6.45) is 0. The van der Waals surface area contributed by atoms with Gasteiger partial charge in [-0.1, -0.05) is 182 Å². The highest BCUT2D eigenvalue weighted by molar-refractivity contribution is 6.21. The Balaban J connectivity index is 1.37. The molecule has 0 saturated heterocycles. The van der Waals surface area contributed by atoms with Crippen LogP contribution in [0.4, 0.5) is 0 Å². The van der Waals surface area contributed by atoms with Crippen molar-refractivity contribution < 1.29 is 0 Å². The average molecular weight is 714 g/mol. The van der Waals surface area contributed by atoms with Crippen molar-refractivity contribution >= 4 is 21.8 Å². The zero-order valence-corrected chi connectivity index (χ0v) is 30.5. The molecule has 0 atom stereocenters. The third kappa shape index (κ3) is 4.77. The van der Waals surface area contributed by atoms with Crippen molar-refractivity contribution in [2.75, 3.05) is 0 Å². The quantitative estimate of drug-likeness (QED) is 0.172. The van der Waals surface area contributed by atoms with E-state index in [0.717, 1.165) is 39.3 Å². The van der Waals surface area contributed by atoms with Crippen LogP contribution in [0.1, 0.15) is 22.3 Å². The highest BCUT2D eigenvalue weighted by Crippen LogP contribution is 2.60. The lowest BCUT2D eigenvalue weighted by atomic mass is 9.67. The van der Waals surface area contributed by atoms with Gasteiger partial charge in [0.05, 0.1) is 27.8 Å². The van der Waals surface area contributed by atoms with Crippen molar-refractivity contribution in [3.05, 3.63) is 235 Å². The molecule has 3 nitrogen and oxygen atoms in total. The van der Waals surface area contributed by atoms with Crippen molar-refractivity contribution in [1.82, 2.24) is 14.5 Å². The van der Waals surface area contributed by atoms with Gasteiger partial charge in [-0.25, -0.2) is 9.97 Å². The predicted octanol–water partition coefficient (Wildman–Crippen LogP) is 12.9. The molecule has 3 heteroatoms. The van der Waals surface area contributed by atoms with E-state index in [4.69, 9.17) is 9.97 Å². The smallest absolute Gasteiger partial charge is 0.160 e. The van der Waals surface area contributed by atoms with E-state index in [9.17, 15) is 0 Å². The molecule has 262 valence electrons. The fourth-order valence-corrected chi connectivity index (χ4v) is 9.18. The van der Waals surface area contributed by atoms with Crippen LogP contribution in [0.15, 0.2) is 212 Å². The van der Waals surface area contributed by atoms with Crippen LogP contribution in [-0.2, 0) is 5.41 Å². The second-order valence-electron chi connectivity index (χ2n) is 14.5. The van der Waals surface area contributed by atoms with Crippen LogP contribution in [0, 0.1) is 0 Å². The molecule has 0 saturated carbocycles. The van der Waals surface area contributed by atoms with E-state index < -0.39 is 5.41 Å². The zero-order valence-electron chi connectivity index (χ0n) is 30.5. The van der Waals surface area contributed by atoms with Gasteiger partial charge in [0.2, 0.25) is 0 Å². The molecule has 2 heterocycles. The van der Waals surface area contributed by atoms with E-state index in [1.165, 1.54) is 49.7 Å². The van der Waals surface area contributed by atoms with E-state index in [1.54, 1.807) is 0 Å². The van der Waals surface area contributed by atoms with Gasteiger partial charge in [0.1, 0.15) is 0 Å². The highest BCUT2D eigenvalue weighted by atomic mass is 15.0. The first-order valence-electron chi connectivity index (χ1n) is 19.2. The predicted molar refractivity (Wildman–Crippen MR) is 230 cm³/mol. The highest BCUT2D eigenvalue weighted by Gasteiger charge is 2.48. The van der Waals surface area contributed by atoms with Crippen molar-refractivity contribution in [2.45, 2.75) is 5.41 Å². The zero-order chi connectivity index (χ0) is 37.1. The molecule has 0 unspecified atom stereocenters. The standard InChI is InChI=1S/C53H35N3/c1-6-20-36(21-7-1)46-35-47(55-52(54-46)37-22-8-2-9-23-37)43-34-45-50(51-49(43)42-31-17-19-33-48(42)56(51)40-28-14-5-15-29-40)41-30-16-18-32-44(41)53(45,38-24-10-3-11-25-38)39-26-12-4-13-27-39/h1-35H. The number of aromatic nitrogens is 3. The molecule has 8 aromatic carbocycles. The van der Waals surface area contributed by atoms with Gasteiger partial charge in [0.25, 0.3) is 0 Å². The lowest BCUT2D eigenvalue weighted by molar-refractivity contribution is 0.769. The Bertz CT molecular complexity index is 2950. The monoisotopic (exact) mass is 713 g/mol. The van der Waals surface area contributed by atoms with Crippen LogP contribution >= 0.6 is 0 Å². The van der Waals surface area contributed by atoms with Gasteiger partial charge in [0, 0.05) is 38.7 Å². The first-order valence-corrected chi connectivity index (χ1v) is 19.2. The van der Waals surface area contributed by atoms with E-state index in [2.05, 4.69) is 211 Å². The Kier molecular flexibility index (Phi) is 7.39. The Morgan fingerprint density at radius 1 is 0.411 bits per heavy atom. The molecule has 0 spiro atoms. The number of hydrogen-bond acceptors (Lipinski definition) is 2.